The zero-order chi connectivity index (χ0) is 13.5. The molecule has 2 amide bonds. The SMILES string of the molecule is CC(=O)NC1CCN(CC(=O)N(C)CCCN)C1. The Morgan fingerprint density at radius 3 is 2.83 bits per heavy atom. The Hall–Kier alpha value is -1.14. The Bertz CT molecular complexity index is 296. The number of carbonyl (C=O) groups excluding carboxylic acids is 2. The monoisotopic (exact) mass is 256 g/mol. The van der Waals surface area contributed by atoms with Crippen molar-refractivity contribution < 1.29 is 9.59 Å². The number of hydrogen-bond acceptors (Lipinski definition) is 4. The zero-order valence-electron chi connectivity index (χ0n) is 11.3. The van der Waals surface area contributed by atoms with Crippen LogP contribution in [0.15, 0.2) is 0 Å². The van der Waals surface area contributed by atoms with E-state index in [0.717, 1.165) is 25.9 Å². The largest absolute Gasteiger partial charge is 0.352 e. The quantitative estimate of drug-likeness (QED) is 0.639. The van der Waals surface area contributed by atoms with Gasteiger partial charge in [0, 0.05) is 39.6 Å². The van der Waals surface area contributed by atoms with Crippen molar-refractivity contribution in [2.45, 2.75) is 25.8 Å². The fourth-order valence-corrected chi connectivity index (χ4v) is 2.15. The summed E-state index contributed by atoms with van der Waals surface area (Å²) < 4.78 is 0. The van der Waals surface area contributed by atoms with Gasteiger partial charge in [0.1, 0.15) is 0 Å². The Morgan fingerprint density at radius 1 is 1.50 bits per heavy atom. The summed E-state index contributed by atoms with van der Waals surface area (Å²) in [5.74, 6) is 0.111. The van der Waals surface area contributed by atoms with Gasteiger partial charge in [-0.3, -0.25) is 14.5 Å². The van der Waals surface area contributed by atoms with Gasteiger partial charge in [-0.15, -0.1) is 0 Å². The first-order valence-corrected chi connectivity index (χ1v) is 6.46. The van der Waals surface area contributed by atoms with Gasteiger partial charge in [-0.05, 0) is 19.4 Å². The minimum absolute atomic E-state index is 0.00626. The van der Waals surface area contributed by atoms with Gasteiger partial charge >= 0.3 is 0 Å². The number of hydrogen-bond donors (Lipinski definition) is 2. The van der Waals surface area contributed by atoms with Gasteiger partial charge < -0.3 is 16.0 Å². The highest BCUT2D eigenvalue weighted by Crippen LogP contribution is 2.09. The molecule has 1 saturated heterocycles. The molecular formula is C12H24N4O2. The van der Waals surface area contributed by atoms with E-state index < -0.39 is 0 Å². The van der Waals surface area contributed by atoms with Crippen LogP contribution in [0.3, 0.4) is 0 Å². The molecule has 1 aliphatic heterocycles. The molecule has 0 radical (unpaired) electrons. The van der Waals surface area contributed by atoms with Gasteiger partial charge in [-0.25, -0.2) is 0 Å². The number of nitrogens with one attached hydrogen (secondary N) is 1. The number of likely N-dealkylation sites (tertiary alicyclic amines) is 1. The summed E-state index contributed by atoms with van der Waals surface area (Å²) in [5.41, 5.74) is 5.42. The van der Waals surface area contributed by atoms with Crippen LogP contribution < -0.4 is 11.1 Å². The second kappa shape index (κ2) is 7.33. The van der Waals surface area contributed by atoms with Crippen LogP contribution in [-0.2, 0) is 9.59 Å². The van der Waals surface area contributed by atoms with E-state index in [1.807, 2.05) is 0 Å². The van der Waals surface area contributed by atoms with Crippen LogP contribution in [0.25, 0.3) is 0 Å². The van der Waals surface area contributed by atoms with E-state index in [-0.39, 0.29) is 17.9 Å². The van der Waals surface area contributed by atoms with Crippen LogP contribution in [0.5, 0.6) is 0 Å². The molecule has 6 heteroatoms. The molecule has 1 atom stereocenters. The van der Waals surface area contributed by atoms with Crippen molar-refractivity contribution in [3.05, 3.63) is 0 Å². The maximum absolute atomic E-state index is 11.9. The number of likely N-dealkylation sites (N-methyl/N-ethyl adjacent to an activating group) is 1. The molecule has 3 N–H and O–H groups in total. The van der Waals surface area contributed by atoms with Crippen LogP contribution in [0.2, 0.25) is 0 Å². The van der Waals surface area contributed by atoms with Crippen molar-refractivity contribution in [3.63, 3.8) is 0 Å². The first kappa shape index (κ1) is 14.9. The molecule has 0 aliphatic carbocycles. The maximum Gasteiger partial charge on any atom is 0.236 e. The normalized spacial score (nSPS) is 19.8. The summed E-state index contributed by atoms with van der Waals surface area (Å²) in [6.45, 7) is 4.88. The van der Waals surface area contributed by atoms with Gasteiger partial charge in [0.2, 0.25) is 11.8 Å². The lowest BCUT2D eigenvalue weighted by molar-refractivity contribution is -0.130. The van der Waals surface area contributed by atoms with E-state index in [1.165, 1.54) is 6.92 Å². The van der Waals surface area contributed by atoms with E-state index >= 15 is 0 Å². The van der Waals surface area contributed by atoms with Crippen molar-refractivity contribution in [2.75, 3.05) is 39.8 Å². The van der Waals surface area contributed by atoms with Gasteiger partial charge in [-0.2, -0.15) is 0 Å². The Labute approximate surface area is 108 Å². The van der Waals surface area contributed by atoms with E-state index in [4.69, 9.17) is 5.73 Å². The highest BCUT2D eigenvalue weighted by Gasteiger charge is 2.25. The fraction of sp³-hybridized carbons (Fsp3) is 0.833. The molecule has 1 aliphatic rings. The number of nitrogens with zero attached hydrogens (tertiary/aromatic N) is 2. The molecule has 1 unspecified atom stereocenters. The average Bonchev–Trinajstić information content (AvgIpc) is 2.72. The smallest absolute Gasteiger partial charge is 0.236 e. The lowest BCUT2D eigenvalue weighted by Gasteiger charge is -2.21. The highest BCUT2D eigenvalue weighted by molar-refractivity contribution is 5.78. The third kappa shape index (κ3) is 5.01. The Balaban J connectivity index is 2.27. The van der Waals surface area contributed by atoms with E-state index in [1.54, 1.807) is 11.9 Å². The molecule has 0 saturated carbocycles. The second-order valence-corrected chi connectivity index (χ2v) is 4.88. The third-order valence-corrected chi connectivity index (χ3v) is 3.16. The average molecular weight is 256 g/mol. The first-order chi connectivity index (χ1) is 8.52. The van der Waals surface area contributed by atoms with Gasteiger partial charge in [0.15, 0.2) is 0 Å². The molecule has 18 heavy (non-hydrogen) atoms. The summed E-state index contributed by atoms with van der Waals surface area (Å²) in [5, 5.41) is 2.89. The first-order valence-electron chi connectivity index (χ1n) is 6.46. The minimum atomic E-state index is -0.00626. The maximum atomic E-state index is 11.9. The predicted molar refractivity (Wildman–Crippen MR) is 70.0 cm³/mol. The zero-order valence-corrected chi connectivity index (χ0v) is 11.3. The molecule has 1 heterocycles. The van der Waals surface area contributed by atoms with Crippen LogP contribution in [0, 0.1) is 0 Å². The van der Waals surface area contributed by atoms with Crippen LogP contribution in [0.1, 0.15) is 19.8 Å². The summed E-state index contributed by atoms with van der Waals surface area (Å²) >= 11 is 0. The van der Waals surface area contributed by atoms with Crippen LogP contribution >= 0.6 is 0 Å². The molecule has 1 rings (SSSR count). The molecule has 6 nitrogen and oxygen atoms in total. The lowest BCUT2D eigenvalue weighted by Crippen LogP contribution is -2.40. The minimum Gasteiger partial charge on any atom is -0.352 e. The Morgan fingerprint density at radius 2 is 2.22 bits per heavy atom. The van der Waals surface area contributed by atoms with Crippen molar-refractivity contribution in [1.29, 1.82) is 0 Å². The van der Waals surface area contributed by atoms with E-state index in [2.05, 4.69) is 10.2 Å². The van der Waals surface area contributed by atoms with E-state index in [9.17, 15) is 9.59 Å². The Kier molecular flexibility index (Phi) is 6.07. The summed E-state index contributed by atoms with van der Waals surface area (Å²) in [4.78, 5) is 26.6. The van der Waals surface area contributed by atoms with E-state index in [0.29, 0.717) is 19.6 Å². The van der Waals surface area contributed by atoms with Gasteiger partial charge in [-0.1, -0.05) is 0 Å². The van der Waals surface area contributed by atoms with Gasteiger partial charge in [0.05, 0.1) is 6.54 Å². The van der Waals surface area contributed by atoms with Crippen molar-refractivity contribution in [2.24, 2.45) is 5.73 Å². The molecular weight excluding hydrogens is 232 g/mol. The lowest BCUT2D eigenvalue weighted by atomic mass is 10.2. The molecule has 1 fully saturated rings. The molecule has 0 aromatic heterocycles. The standard InChI is InChI=1S/C12H24N4O2/c1-10(17)14-11-4-7-16(8-11)9-12(18)15(2)6-3-5-13/h11H,3-9,13H2,1-2H3,(H,14,17). The second-order valence-electron chi connectivity index (χ2n) is 4.88. The van der Waals surface area contributed by atoms with Crippen LogP contribution in [-0.4, -0.2) is 67.4 Å². The van der Waals surface area contributed by atoms with Crippen LogP contribution in [0.4, 0.5) is 0 Å². The molecule has 0 aromatic rings. The number of carbonyl (C=O) groups is 2. The van der Waals surface area contributed by atoms with Crippen molar-refractivity contribution >= 4 is 11.8 Å². The number of nitrogens with two attached hydrogens (primary N) is 1. The molecule has 0 bridgehead atoms. The van der Waals surface area contributed by atoms with Crippen molar-refractivity contribution in [1.82, 2.24) is 15.1 Å². The highest BCUT2D eigenvalue weighted by atomic mass is 16.2. The molecule has 0 spiro atoms. The summed E-state index contributed by atoms with van der Waals surface area (Å²) in [7, 11) is 1.80. The van der Waals surface area contributed by atoms with Crippen molar-refractivity contribution in [3.8, 4) is 0 Å². The fourth-order valence-electron chi connectivity index (χ4n) is 2.15. The summed E-state index contributed by atoms with van der Waals surface area (Å²) in [6.07, 6.45) is 1.75. The number of rotatable bonds is 6. The number of amides is 2. The topological polar surface area (TPSA) is 78.7 Å². The van der Waals surface area contributed by atoms with Gasteiger partial charge in [0.25, 0.3) is 0 Å². The predicted octanol–water partition coefficient (Wildman–Crippen LogP) is -0.996. The molecule has 0 aromatic carbocycles. The third-order valence-electron chi connectivity index (χ3n) is 3.16. The summed E-state index contributed by atoms with van der Waals surface area (Å²) in [6, 6.07) is 0.185. The molecule has 104 valence electrons.